The van der Waals surface area contributed by atoms with E-state index in [1.807, 2.05) is 19.1 Å². The first-order chi connectivity index (χ1) is 6.07. The fourth-order valence-corrected chi connectivity index (χ4v) is 1.53. The molecule has 0 radical (unpaired) electrons. The van der Waals surface area contributed by atoms with Crippen LogP contribution in [0.3, 0.4) is 0 Å². The smallest absolute Gasteiger partial charge is 0.0393 e. The van der Waals surface area contributed by atoms with Crippen molar-refractivity contribution in [2.45, 2.75) is 13.8 Å². The lowest BCUT2D eigenvalue weighted by Gasteiger charge is -2.11. The molecule has 0 heterocycles. The first kappa shape index (κ1) is 9.59. The van der Waals surface area contributed by atoms with Gasteiger partial charge in [-0.3, -0.25) is 0 Å². The molecule has 1 rings (SSSR count). The van der Waals surface area contributed by atoms with Crippen molar-refractivity contribution < 1.29 is 0 Å². The van der Waals surface area contributed by atoms with Gasteiger partial charge in [0.05, 0.1) is 0 Å². The molecule has 1 heteroatoms. The van der Waals surface area contributed by atoms with E-state index in [4.69, 9.17) is 5.73 Å². The Morgan fingerprint density at radius 1 is 1.46 bits per heavy atom. The van der Waals surface area contributed by atoms with Crippen LogP contribution in [-0.2, 0) is 0 Å². The molecule has 1 aromatic rings. The standard InChI is InChI=1S/C12H15N/c1-5-10-11(13)7-6-9(4)12(10)8(2)3/h5-7H,1-2,13H2,3-4H3. The van der Waals surface area contributed by atoms with Crippen LogP contribution in [-0.4, -0.2) is 0 Å². The van der Waals surface area contributed by atoms with Crippen LogP contribution in [0, 0.1) is 6.92 Å². The topological polar surface area (TPSA) is 26.0 Å². The molecule has 1 aromatic carbocycles. The number of nitrogens with two attached hydrogens (primary N) is 1. The van der Waals surface area contributed by atoms with Gasteiger partial charge >= 0.3 is 0 Å². The van der Waals surface area contributed by atoms with Crippen LogP contribution >= 0.6 is 0 Å². The van der Waals surface area contributed by atoms with Gasteiger partial charge < -0.3 is 5.73 Å². The Morgan fingerprint density at radius 2 is 2.08 bits per heavy atom. The monoisotopic (exact) mass is 173 g/mol. The number of rotatable bonds is 2. The minimum Gasteiger partial charge on any atom is -0.398 e. The first-order valence-electron chi connectivity index (χ1n) is 4.25. The van der Waals surface area contributed by atoms with Gasteiger partial charge in [-0.1, -0.05) is 30.9 Å². The molecule has 0 spiro atoms. The molecule has 0 amide bonds. The van der Waals surface area contributed by atoms with Gasteiger partial charge in [-0.2, -0.15) is 0 Å². The van der Waals surface area contributed by atoms with E-state index in [2.05, 4.69) is 20.1 Å². The summed E-state index contributed by atoms with van der Waals surface area (Å²) in [6.45, 7) is 11.7. The van der Waals surface area contributed by atoms with Crippen LogP contribution in [0.15, 0.2) is 25.3 Å². The van der Waals surface area contributed by atoms with Crippen LogP contribution in [0.1, 0.15) is 23.6 Å². The quantitative estimate of drug-likeness (QED) is 0.682. The molecule has 0 aliphatic heterocycles. The maximum atomic E-state index is 5.83. The summed E-state index contributed by atoms with van der Waals surface area (Å²) in [4.78, 5) is 0. The van der Waals surface area contributed by atoms with Gasteiger partial charge in [0.25, 0.3) is 0 Å². The van der Waals surface area contributed by atoms with Gasteiger partial charge in [0, 0.05) is 11.3 Å². The Morgan fingerprint density at radius 3 is 2.46 bits per heavy atom. The van der Waals surface area contributed by atoms with E-state index >= 15 is 0 Å². The number of benzene rings is 1. The Labute approximate surface area is 79.6 Å². The Kier molecular flexibility index (Phi) is 2.57. The first-order valence-corrected chi connectivity index (χ1v) is 4.25. The molecule has 2 N–H and O–H groups in total. The third-order valence-electron chi connectivity index (χ3n) is 2.12. The molecular weight excluding hydrogens is 158 g/mol. The van der Waals surface area contributed by atoms with Crippen molar-refractivity contribution in [3.05, 3.63) is 42.0 Å². The van der Waals surface area contributed by atoms with E-state index in [-0.39, 0.29) is 0 Å². The van der Waals surface area contributed by atoms with Crippen LogP contribution < -0.4 is 5.73 Å². The lowest BCUT2D eigenvalue weighted by molar-refractivity contribution is 1.40. The second kappa shape index (κ2) is 3.48. The van der Waals surface area contributed by atoms with Crippen molar-refractivity contribution in [1.29, 1.82) is 0 Å². The molecule has 0 aromatic heterocycles. The molecular formula is C12H15N. The average molecular weight is 173 g/mol. The summed E-state index contributed by atoms with van der Waals surface area (Å²) in [7, 11) is 0. The molecule has 0 atom stereocenters. The summed E-state index contributed by atoms with van der Waals surface area (Å²) in [6, 6.07) is 3.91. The number of nitrogen functional groups attached to an aromatic ring is 1. The predicted molar refractivity (Wildman–Crippen MR) is 60.4 cm³/mol. The van der Waals surface area contributed by atoms with Gasteiger partial charge in [-0.15, -0.1) is 0 Å². The molecule has 0 unspecified atom stereocenters. The molecule has 0 saturated carbocycles. The van der Waals surface area contributed by atoms with Gasteiger partial charge in [0.15, 0.2) is 0 Å². The fraction of sp³-hybridized carbons (Fsp3) is 0.167. The van der Waals surface area contributed by atoms with Gasteiger partial charge in [0.1, 0.15) is 0 Å². The summed E-state index contributed by atoms with van der Waals surface area (Å²) in [5, 5.41) is 0. The molecule has 68 valence electrons. The van der Waals surface area contributed by atoms with Crippen molar-refractivity contribution >= 4 is 17.3 Å². The normalized spacial score (nSPS) is 9.69. The van der Waals surface area contributed by atoms with E-state index in [0.29, 0.717) is 0 Å². The minimum absolute atomic E-state index is 0.763. The van der Waals surface area contributed by atoms with E-state index in [1.165, 1.54) is 5.56 Å². The highest BCUT2D eigenvalue weighted by Crippen LogP contribution is 2.27. The third kappa shape index (κ3) is 1.64. The summed E-state index contributed by atoms with van der Waals surface area (Å²) in [5.41, 5.74) is 10.9. The van der Waals surface area contributed by atoms with E-state index < -0.39 is 0 Å². The second-order valence-electron chi connectivity index (χ2n) is 3.24. The largest absolute Gasteiger partial charge is 0.398 e. The SMILES string of the molecule is C=Cc1c(N)ccc(C)c1C(=C)C. The zero-order chi connectivity index (χ0) is 10.0. The van der Waals surface area contributed by atoms with E-state index in [0.717, 1.165) is 22.4 Å². The van der Waals surface area contributed by atoms with Crippen molar-refractivity contribution in [2.75, 3.05) is 5.73 Å². The lowest BCUT2D eigenvalue weighted by Crippen LogP contribution is -1.96. The molecule has 0 aliphatic rings. The van der Waals surface area contributed by atoms with Gasteiger partial charge in [-0.05, 0) is 31.0 Å². The van der Waals surface area contributed by atoms with Gasteiger partial charge in [0.2, 0.25) is 0 Å². The average Bonchev–Trinajstić information content (AvgIpc) is 2.07. The van der Waals surface area contributed by atoms with Crippen LogP contribution in [0.2, 0.25) is 0 Å². The fourth-order valence-electron chi connectivity index (χ4n) is 1.53. The Balaban J connectivity index is 3.52. The van der Waals surface area contributed by atoms with Crippen molar-refractivity contribution in [1.82, 2.24) is 0 Å². The Bertz CT molecular complexity index is 362. The minimum atomic E-state index is 0.763. The zero-order valence-electron chi connectivity index (χ0n) is 8.22. The lowest BCUT2D eigenvalue weighted by atomic mass is 9.95. The molecule has 0 fully saturated rings. The molecule has 0 aliphatic carbocycles. The highest BCUT2D eigenvalue weighted by atomic mass is 14.6. The molecule has 1 nitrogen and oxygen atoms in total. The molecule has 13 heavy (non-hydrogen) atoms. The summed E-state index contributed by atoms with van der Waals surface area (Å²) >= 11 is 0. The van der Waals surface area contributed by atoms with Gasteiger partial charge in [-0.25, -0.2) is 0 Å². The maximum absolute atomic E-state index is 5.83. The van der Waals surface area contributed by atoms with Crippen molar-refractivity contribution in [3.8, 4) is 0 Å². The summed E-state index contributed by atoms with van der Waals surface area (Å²) in [6.07, 6.45) is 1.78. The van der Waals surface area contributed by atoms with Crippen LogP contribution in [0.4, 0.5) is 5.69 Å². The van der Waals surface area contributed by atoms with Crippen molar-refractivity contribution in [2.24, 2.45) is 0 Å². The predicted octanol–water partition coefficient (Wildman–Crippen LogP) is 3.25. The van der Waals surface area contributed by atoms with Crippen molar-refractivity contribution in [3.63, 3.8) is 0 Å². The number of hydrogen-bond acceptors (Lipinski definition) is 1. The maximum Gasteiger partial charge on any atom is 0.0393 e. The van der Waals surface area contributed by atoms with E-state index in [9.17, 15) is 0 Å². The van der Waals surface area contributed by atoms with Crippen LogP contribution in [0.5, 0.6) is 0 Å². The zero-order valence-corrected chi connectivity index (χ0v) is 8.22. The molecule has 0 saturated heterocycles. The number of hydrogen-bond donors (Lipinski definition) is 1. The second-order valence-corrected chi connectivity index (χ2v) is 3.24. The highest BCUT2D eigenvalue weighted by Gasteiger charge is 2.06. The number of anilines is 1. The summed E-state index contributed by atoms with van der Waals surface area (Å²) < 4.78 is 0. The highest BCUT2D eigenvalue weighted by molar-refractivity contribution is 5.80. The third-order valence-corrected chi connectivity index (χ3v) is 2.12. The van der Waals surface area contributed by atoms with E-state index in [1.54, 1.807) is 6.08 Å². The Hall–Kier alpha value is -1.50. The molecule has 0 bridgehead atoms. The number of allylic oxidation sites excluding steroid dienone is 1. The summed E-state index contributed by atoms with van der Waals surface area (Å²) in [5.74, 6) is 0. The number of aryl methyl sites for hydroxylation is 1. The van der Waals surface area contributed by atoms with Crippen LogP contribution in [0.25, 0.3) is 11.6 Å².